The third-order valence-corrected chi connectivity index (χ3v) is 3.20. The minimum Gasteiger partial charge on any atom is -0.363 e. The minimum absolute atomic E-state index is 0.00793. The summed E-state index contributed by atoms with van der Waals surface area (Å²) in [5.41, 5.74) is 4.46. The summed E-state index contributed by atoms with van der Waals surface area (Å²) in [4.78, 5) is 21.1. The standard InChI is InChI=1S/C14H11F3N6O/c15-14(16,17)11-9(10-5-20-13(21-10)12(18)24)7-23(22-11)6-8-2-1-3-19-4-8/h1-5,7H,6H2,(H2,18,24)(H,20,21). The molecule has 24 heavy (non-hydrogen) atoms. The fraction of sp³-hybridized carbons (Fsp3) is 0.143. The van der Waals surface area contributed by atoms with Gasteiger partial charge in [0, 0.05) is 18.6 Å². The molecule has 0 saturated heterocycles. The van der Waals surface area contributed by atoms with E-state index in [9.17, 15) is 18.0 Å². The van der Waals surface area contributed by atoms with Crippen molar-refractivity contribution in [3.8, 4) is 11.3 Å². The van der Waals surface area contributed by atoms with Crippen LogP contribution in [0.2, 0.25) is 0 Å². The average molecular weight is 336 g/mol. The Labute approximate surface area is 133 Å². The Morgan fingerprint density at radius 3 is 2.71 bits per heavy atom. The summed E-state index contributed by atoms with van der Waals surface area (Å²) >= 11 is 0. The number of hydrogen-bond acceptors (Lipinski definition) is 4. The van der Waals surface area contributed by atoms with Crippen LogP contribution in [0.15, 0.2) is 36.9 Å². The lowest BCUT2D eigenvalue weighted by Gasteiger charge is -2.04. The Hall–Kier alpha value is -3.17. The quantitative estimate of drug-likeness (QED) is 0.759. The summed E-state index contributed by atoms with van der Waals surface area (Å²) in [5, 5.41) is 3.61. The van der Waals surface area contributed by atoms with E-state index in [1.165, 1.54) is 12.4 Å². The van der Waals surface area contributed by atoms with Gasteiger partial charge in [-0.05, 0) is 11.6 Å². The van der Waals surface area contributed by atoms with Gasteiger partial charge in [-0.25, -0.2) is 4.98 Å². The fourth-order valence-corrected chi connectivity index (χ4v) is 2.17. The van der Waals surface area contributed by atoms with E-state index in [1.807, 2.05) is 0 Å². The summed E-state index contributed by atoms with van der Waals surface area (Å²) < 4.78 is 40.9. The zero-order valence-electron chi connectivity index (χ0n) is 12.1. The molecular weight excluding hydrogens is 325 g/mol. The van der Waals surface area contributed by atoms with Gasteiger partial charge in [0.15, 0.2) is 11.5 Å². The summed E-state index contributed by atoms with van der Waals surface area (Å²) in [5.74, 6) is -1.09. The molecule has 1 amide bonds. The predicted octanol–water partition coefficient (Wildman–Crippen LogP) is 1.83. The third kappa shape index (κ3) is 3.12. The number of primary amides is 1. The maximum absolute atomic E-state index is 13.2. The molecule has 3 N–H and O–H groups in total. The van der Waals surface area contributed by atoms with E-state index < -0.39 is 17.8 Å². The molecule has 124 valence electrons. The molecule has 0 bridgehead atoms. The molecule has 3 aromatic heterocycles. The molecule has 0 spiro atoms. The van der Waals surface area contributed by atoms with Crippen LogP contribution in [0.5, 0.6) is 0 Å². The molecule has 3 aromatic rings. The molecule has 7 nitrogen and oxygen atoms in total. The number of H-pyrrole nitrogens is 1. The first-order chi connectivity index (χ1) is 11.3. The van der Waals surface area contributed by atoms with Crippen molar-refractivity contribution in [2.75, 3.05) is 0 Å². The first kappa shape index (κ1) is 15.7. The van der Waals surface area contributed by atoms with E-state index in [-0.39, 0.29) is 23.6 Å². The second kappa shape index (κ2) is 5.80. The van der Waals surface area contributed by atoms with Crippen molar-refractivity contribution in [2.24, 2.45) is 5.73 Å². The van der Waals surface area contributed by atoms with Crippen LogP contribution in [0.4, 0.5) is 13.2 Å². The second-order valence-corrected chi connectivity index (χ2v) is 4.96. The van der Waals surface area contributed by atoms with Gasteiger partial charge in [-0.3, -0.25) is 14.5 Å². The highest BCUT2D eigenvalue weighted by atomic mass is 19.4. The van der Waals surface area contributed by atoms with E-state index in [0.717, 1.165) is 10.9 Å². The predicted molar refractivity (Wildman–Crippen MR) is 76.7 cm³/mol. The molecule has 0 unspecified atom stereocenters. The number of carbonyl (C=O) groups is 1. The molecule has 3 heterocycles. The van der Waals surface area contributed by atoms with Crippen LogP contribution < -0.4 is 5.73 Å². The molecule has 0 fully saturated rings. The maximum Gasteiger partial charge on any atom is 0.435 e. The number of aromatic amines is 1. The number of hydrogen-bond donors (Lipinski definition) is 2. The Balaban J connectivity index is 2.02. The van der Waals surface area contributed by atoms with Gasteiger partial charge in [-0.2, -0.15) is 18.3 Å². The summed E-state index contributed by atoms with van der Waals surface area (Å²) in [6.07, 6.45) is 0.785. The van der Waals surface area contributed by atoms with Crippen LogP contribution in [-0.2, 0) is 12.7 Å². The molecule has 0 aliphatic heterocycles. The largest absolute Gasteiger partial charge is 0.435 e. The van der Waals surface area contributed by atoms with Crippen molar-refractivity contribution in [1.29, 1.82) is 0 Å². The number of rotatable bonds is 4. The van der Waals surface area contributed by atoms with Gasteiger partial charge in [0.2, 0.25) is 0 Å². The maximum atomic E-state index is 13.2. The van der Waals surface area contributed by atoms with Gasteiger partial charge in [0.25, 0.3) is 5.91 Å². The molecule has 0 radical (unpaired) electrons. The number of nitrogens with one attached hydrogen (secondary N) is 1. The van der Waals surface area contributed by atoms with Gasteiger partial charge < -0.3 is 10.7 Å². The van der Waals surface area contributed by atoms with Crippen LogP contribution >= 0.6 is 0 Å². The summed E-state index contributed by atoms with van der Waals surface area (Å²) in [6.45, 7) is 0.119. The molecule has 0 aromatic carbocycles. The highest BCUT2D eigenvalue weighted by Gasteiger charge is 2.38. The van der Waals surface area contributed by atoms with E-state index in [0.29, 0.717) is 5.56 Å². The highest BCUT2D eigenvalue weighted by molar-refractivity contribution is 5.89. The Bertz CT molecular complexity index is 868. The van der Waals surface area contributed by atoms with Gasteiger partial charge in [0.05, 0.1) is 24.0 Å². The van der Waals surface area contributed by atoms with Crippen LogP contribution in [0.25, 0.3) is 11.3 Å². The molecule has 0 aliphatic rings. The summed E-state index contributed by atoms with van der Waals surface area (Å²) in [7, 11) is 0. The molecule has 0 aliphatic carbocycles. The zero-order chi connectivity index (χ0) is 17.3. The van der Waals surface area contributed by atoms with Crippen molar-refractivity contribution >= 4 is 5.91 Å². The van der Waals surface area contributed by atoms with Crippen molar-refractivity contribution in [3.05, 3.63) is 54.0 Å². The molecule has 0 saturated carbocycles. The van der Waals surface area contributed by atoms with E-state index in [2.05, 4.69) is 20.1 Å². The number of nitrogens with zero attached hydrogens (tertiary/aromatic N) is 4. The average Bonchev–Trinajstić information content (AvgIpc) is 3.14. The number of nitrogens with two attached hydrogens (primary N) is 1. The van der Waals surface area contributed by atoms with Crippen molar-refractivity contribution in [1.82, 2.24) is 24.7 Å². The van der Waals surface area contributed by atoms with Gasteiger partial charge >= 0.3 is 6.18 Å². The minimum atomic E-state index is -4.66. The number of carbonyl (C=O) groups excluding carboxylic acids is 1. The van der Waals surface area contributed by atoms with Crippen LogP contribution in [0.1, 0.15) is 21.9 Å². The summed E-state index contributed by atoms with van der Waals surface area (Å²) in [6, 6.07) is 3.40. The van der Waals surface area contributed by atoms with E-state index >= 15 is 0 Å². The van der Waals surface area contributed by atoms with Gasteiger partial charge in [-0.15, -0.1) is 0 Å². The Morgan fingerprint density at radius 2 is 2.12 bits per heavy atom. The van der Waals surface area contributed by atoms with Crippen molar-refractivity contribution < 1.29 is 18.0 Å². The lowest BCUT2D eigenvalue weighted by Crippen LogP contribution is -2.12. The van der Waals surface area contributed by atoms with Crippen LogP contribution in [0, 0.1) is 0 Å². The topological polar surface area (TPSA) is 102 Å². The Morgan fingerprint density at radius 1 is 1.33 bits per heavy atom. The van der Waals surface area contributed by atoms with Crippen LogP contribution in [0.3, 0.4) is 0 Å². The second-order valence-electron chi connectivity index (χ2n) is 4.96. The Kier molecular flexibility index (Phi) is 3.80. The zero-order valence-corrected chi connectivity index (χ0v) is 12.1. The number of alkyl halides is 3. The lowest BCUT2D eigenvalue weighted by atomic mass is 10.2. The lowest BCUT2D eigenvalue weighted by molar-refractivity contribution is -0.141. The van der Waals surface area contributed by atoms with Gasteiger partial charge in [0.1, 0.15) is 0 Å². The molecular formula is C14H11F3N6O. The van der Waals surface area contributed by atoms with E-state index in [4.69, 9.17) is 5.73 Å². The van der Waals surface area contributed by atoms with E-state index in [1.54, 1.807) is 18.3 Å². The molecule has 0 atom stereocenters. The van der Waals surface area contributed by atoms with Gasteiger partial charge in [-0.1, -0.05) is 6.07 Å². The monoisotopic (exact) mass is 336 g/mol. The van der Waals surface area contributed by atoms with Crippen molar-refractivity contribution in [2.45, 2.75) is 12.7 Å². The highest BCUT2D eigenvalue weighted by Crippen LogP contribution is 2.35. The third-order valence-electron chi connectivity index (χ3n) is 3.20. The number of halogens is 3. The SMILES string of the molecule is NC(=O)c1ncc(-c2cn(Cc3cccnc3)nc2C(F)(F)F)[nH]1. The fourth-order valence-electron chi connectivity index (χ4n) is 2.17. The first-order valence-corrected chi connectivity index (χ1v) is 6.73. The smallest absolute Gasteiger partial charge is 0.363 e. The van der Waals surface area contributed by atoms with Crippen molar-refractivity contribution in [3.63, 3.8) is 0 Å². The first-order valence-electron chi connectivity index (χ1n) is 6.73. The molecule has 10 heteroatoms. The molecule has 3 rings (SSSR count). The number of pyridine rings is 1. The normalized spacial score (nSPS) is 11.6. The number of imidazole rings is 1. The number of aromatic nitrogens is 5. The van der Waals surface area contributed by atoms with Crippen LogP contribution in [-0.4, -0.2) is 30.6 Å². The number of amides is 1.